The molecule has 0 aromatic heterocycles. The molecule has 0 atom stereocenters. The lowest BCUT2D eigenvalue weighted by molar-refractivity contribution is -0.119. The highest BCUT2D eigenvalue weighted by atomic mass is 19.3. The van der Waals surface area contributed by atoms with E-state index in [1.165, 1.54) is 30.3 Å². The van der Waals surface area contributed by atoms with Gasteiger partial charge in [-0.3, -0.25) is 9.59 Å². The predicted octanol–water partition coefficient (Wildman–Crippen LogP) is 3.21. The van der Waals surface area contributed by atoms with Crippen molar-refractivity contribution in [2.24, 2.45) is 0 Å². The third-order valence-electron chi connectivity index (χ3n) is 4.16. The third kappa shape index (κ3) is 5.50. The molecule has 1 fully saturated rings. The standard InChI is InChI=1S/C20H18F2N2O5/c21-20(22)29-16-8-6-14(7-9-16)23-17(25)12-28-19(27)13-3-1-4-15(11-13)24-10-2-5-18(24)26/h1,3-4,6-9,11,20H,2,5,10,12H2,(H,23,25). The molecule has 1 aliphatic rings. The van der Waals surface area contributed by atoms with Crippen LogP contribution in [0.15, 0.2) is 48.5 Å². The molecule has 152 valence electrons. The third-order valence-corrected chi connectivity index (χ3v) is 4.16. The zero-order chi connectivity index (χ0) is 20.8. The summed E-state index contributed by atoms with van der Waals surface area (Å²) in [5.41, 5.74) is 1.17. The summed E-state index contributed by atoms with van der Waals surface area (Å²) in [6.45, 7) is -2.86. The van der Waals surface area contributed by atoms with Gasteiger partial charge in [0.2, 0.25) is 5.91 Å². The first-order chi connectivity index (χ1) is 13.9. The molecule has 1 aliphatic heterocycles. The van der Waals surface area contributed by atoms with E-state index >= 15 is 0 Å². The number of halogens is 2. The topological polar surface area (TPSA) is 84.9 Å². The van der Waals surface area contributed by atoms with Crippen molar-refractivity contribution in [3.8, 4) is 5.75 Å². The second kappa shape index (κ2) is 9.13. The molecule has 1 N–H and O–H groups in total. The maximum absolute atomic E-state index is 12.2. The highest BCUT2D eigenvalue weighted by molar-refractivity contribution is 5.98. The molecule has 1 heterocycles. The summed E-state index contributed by atoms with van der Waals surface area (Å²) in [5, 5.41) is 2.48. The molecule has 1 saturated heterocycles. The van der Waals surface area contributed by atoms with Crippen LogP contribution in [0.3, 0.4) is 0 Å². The SMILES string of the molecule is O=C(COC(=O)c1cccc(N2CCCC2=O)c1)Nc1ccc(OC(F)F)cc1. The predicted molar refractivity (Wildman–Crippen MR) is 100 cm³/mol. The van der Waals surface area contributed by atoms with Crippen LogP contribution in [0.2, 0.25) is 0 Å². The summed E-state index contributed by atoms with van der Waals surface area (Å²) in [5.74, 6) is -1.33. The van der Waals surface area contributed by atoms with Crippen LogP contribution in [0.1, 0.15) is 23.2 Å². The number of amides is 2. The number of ether oxygens (including phenoxy) is 2. The van der Waals surface area contributed by atoms with Crippen LogP contribution < -0.4 is 15.0 Å². The summed E-state index contributed by atoms with van der Waals surface area (Å²) in [7, 11) is 0. The van der Waals surface area contributed by atoms with E-state index in [-0.39, 0.29) is 17.2 Å². The molecular weight excluding hydrogens is 386 g/mol. The number of rotatable bonds is 7. The van der Waals surface area contributed by atoms with Gasteiger partial charge in [0.25, 0.3) is 5.91 Å². The van der Waals surface area contributed by atoms with E-state index in [0.29, 0.717) is 24.3 Å². The maximum atomic E-state index is 12.2. The van der Waals surface area contributed by atoms with Crippen LogP contribution in [0.25, 0.3) is 0 Å². The van der Waals surface area contributed by atoms with Crippen molar-refractivity contribution in [3.05, 3.63) is 54.1 Å². The summed E-state index contributed by atoms with van der Waals surface area (Å²) in [6.07, 6.45) is 1.24. The highest BCUT2D eigenvalue weighted by Crippen LogP contribution is 2.22. The van der Waals surface area contributed by atoms with Gasteiger partial charge in [-0.1, -0.05) is 6.07 Å². The highest BCUT2D eigenvalue weighted by Gasteiger charge is 2.22. The largest absolute Gasteiger partial charge is 0.452 e. The van der Waals surface area contributed by atoms with E-state index in [9.17, 15) is 23.2 Å². The lowest BCUT2D eigenvalue weighted by atomic mass is 10.2. The number of carbonyl (C=O) groups is 3. The van der Waals surface area contributed by atoms with Crippen molar-refractivity contribution in [3.63, 3.8) is 0 Å². The Hall–Kier alpha value is -3.49. The minimum Gasteiger partial charge on any atom is -0.452 e. The minimum absolute atomic E-state index is 0.000126. The Morgan fingerprint density at radius 2 is 1.90 bits per heavy atom. The van der Waals surface area contributed by atoms with Gasteiger partial charge in [-0.25, -0.2) is 4.79 Å². The summed E-state index contributed by atoms with van der Waals surface area (Å²) in [6, 6.07) is 11.8. The smallest absolute Gasteiger partial charge is 0.387 e. The first kappa shape index (κ1) is 20.2. The fourth-order valence-electron chi connectivity index (χ4n) is 2.85. The molecule has 29 heavy (non-hydrogen) atoms. The van der Waals surface area contributed by atoms with Gasteiger partial charge >= 0.3 is 12.6 Å². The minimum atomic E-state index is -2.93. The van der Waals surface area contributed by atoms with Crippen molar-refractivity contribution < 1.29 is 32.6 Å². The molecule has 2 amide bonds. The molecule has 3 rings (SSSR count). The van der Waals surface area contributed by atoms with Crippen LogP contribution in [-0.2, 0) is 14.3 Å². The Morgan fingerprint density at radius 1 is 1.14 bits per heavy atom. The molecule has 2 aromatic carbocycles. The van der Waals surface area contributed by atoms with Crippen LogP contribution in [-0.4, -0.2) is 37.5 Å². The van der Waals surface area contributed by atoms with Gasteiger partial charge in [0.1, 0.15) is 5.75 Å². The number of alkyl halides is 2. The normalized spacial score (nSPS) is 13.5. The van der Waals surface area contributed by atoms with Crippen molar-refractivity contribution in [2.45, 2.75) is 19.5 Å². The van der Waals surface area contributed by atoms with E-state index in [0.717, 1.165) is 6.42 Å². The molecule has 0 unspecified atom stereocenters. The van der Waals surface area contributed by atoms with Crippen LogP contribution in [0, 0.1) is 0 Å². The number of carbonyl (C=O) groups excluding carboxylic acids is 3. The number of hydrogen-bond acceptors (Lipinski definition) is 5. The van der Waals surface area contributed by atoms with E-state index in [4.69, 9.17) is 4.74 Å². The summed E-state index contributed by atoms with van der Waals surface area (Å²) >= 11 is 0. The fraction of sp³-hybridized carbons (Fsp3) is 0.250. The van der Waals surface area contributed by atoms with Crippen LogP contribution >= 0.6 is 0 Å². The second-order valence-electron chi connectivity index (χ2n) is 6.23. The molecule has 0 radical (unpaired) electrons. The Bertz CT molecular complexity index is 902. The number of anilines is 2. The van der Waals surface area contributed by atoms with E-state index < -0.39 is 25.1 Å². The lowest BCUT2D eigenvalue weighted by Gasteiger charge is -2.16. The zero-order valence-corrected chi connectivity index (χ0v) is 15.3. The van der Waals surface area contributed by atoms with Gasteiger partial charge < -0.3 is 19.7 Å². The average Bonchev–Trinajstić information content (AvgIpc) is 3.13. The molecule has 0 spiro atoms. The summed E-state index contributed by atoms with van der Waals surface area (Å²) < 4.78 is 33.5. The second-order valence-corrected chi connectivity index (χ2v) is 6.23. The Kier molecular flexibility index (Phi) is 6.38. The van der Waals surface area contributed by atoms with E-state index in [1.807, 2.05) is 0 Å². The first-order valence-electron chi connectivity index (χ1n) is 8.84. The molecule has 7 nitrogen and oxygen atoms in total. The van der Waals surface area contributed by atoms with E-state index in [1.54, 1.807) is 23.1 Å². The Balaban J connectivity index is 1.52. The van der Waals surface area contributed by atoms with E-state index in [2.05, 4.69) is 10.1 Å². The van der Waals surface area contributed by atoms with Crippen molar-refractivity contribution >= 4 is 29.2 Å². The van der Waals surface area contributed by atoms with Gasteiger partial charge in [-0.05, 0) is 48.9 Å². The van der Waals surface area contributed by atoms with Gasteiger partial charge in [-0.2, -0.15) is 8.78 Å². The quantitative estimate of drug-likeness (QED) is 0.717. The molecule has 9 heteroatoms. The number of benzene rings is 2. The number of esters is 1. The van der Waals surface area contributed by atoms with Crippen molar-refractivity contribution in [2.75, 3.05) is 23.4 Å². The molecule has 0 saturated carbocycles. The number of nitrogens with one attached hydrogen (secondary N) is 1. The average molecular weight is 404 g/mol. The lowest BCUT2D eigenvalue weighted by Crippen LogP contribution is -2.24. The Morgan fingerprint density at radius 3 is 2.55 bits per heavy atom. The molecule has 2 aromatic rings. The molecular formula is C20H18F2N2O5. The van der Waals surface area contributed by atoms with Gasteiger partial charge in [-0.15, -0.1) is 0 Å². The maximum Gasteiger partial charge on any atom is 0.387 e. The van der Waals surface area contributed by atoms with Crippen molar-refractivity contribution in [1.29, 1.82) is 0 Å². The molecule has 0 bridgehead atoms. The van der Waals surface area contributed by atoms with Crippen LogP contribution in [0.4, 0.5) is 20.2 Å². The van der Waals surface area contributed by atoms with Crippen LogP contribution in [0.5, 0.6) is 5.75 Å². The summed E-state index contributed by atoms with van der Waals surface area (Å²) in [4.78, 5) is 37.6. The molecule has 0 aliphatic carbocycles. The number of nitrogens with zero attached hydrogens (tertiary/aromatic N) is 1. The fourth-order valence-corrected chi connectivity index (χ4v) is 2.85. The van der Waals surface area contributed by atoms with Gasteiger partial charge in [0, 0.05) is 24.3 Å². The van der Waals surface area contributed by atoms with Gasteiger partial charge in [0.05, 0.1) is 5.56 Å². The number of hydrogen-bond donors (Lipinski definition) is 1. The van der Waals surface area contributed by atoms with Gasteiger partial charge in [0.15, 0.2) is 6.61 Å². The van der Waals surface area contributed by atoms with Crippen molar-refractivity contribution in [1.82, 2.24) is 0 Å². The monoisotopic (exact) mass is 404 g/mol. The zero-order valence-electron chi connectivity index (χ0n) is 15.3. The first-order valence-corrected chi connectivity index (χ1v) is 8.84. The Labute approximate surface area is 165 Å².